The molecule has 0 aliphatic rings. The molecule has 0 saturated heterocycles. The van der Waals surface area contributed by atoms with Crippen molar-refractivity contribution in [2.75, 3.05) is 0 Å². The summed E-state index contributed by atoms with van der Waals surface area (Å²) in [6.07, 6.45) is 2.57. The molecule has 0 radical (unpaired) electrons. The maximum atomic E-state index is 6.26. The number of aromatic nitrogens is 2. The van der Waals surface area contributed by atoms with Crippen LogP contribution in [0.15, 0.2) is 41.9 Å². The lowest BCUT2D eigenvalue weighted by Gasteiger charge is -2.11. The second-order valence-electron chi connectivity index (χ2n) is 4.62. The maximum absolute atomic E-state index is 6.26. The van der Waals surface area contributed by atoms with Crippen molar-refractivity contribution in [3.8, 4) is 0 Å². The topological polar surface area (TPSA) is 51.8 Å². The van der Waals surface area contributed by atoms with Gasteiger partial charge in [0, 0.05) is 29.4 Å². The fraction of sp³-hybridized carbons (Fsp3) is 0.200. The Kier molecular flexibility index (Phi) is 3.27. The van der Waals surface area contributed by atoms with Gasteiger partial charge in [0.1, 0.15) is 0 Å². The first-order valence-electron chi connectivity index (χ1n) is 6.23. The highest BCUT2D eigenvalue weighted by molar-refractivity contribution is 7.09. The van der Waals surface area contributed by atoms with E-state index in [-0.39, 0.29) is 6.04 Å². The Bertz CT molecular complexity index is 705. The molecular formula is C15H15N3S. The smallest absolute Gasteiger partial charge is 0.0897 e. The first-order chi connectivity index (χ1) is 9.22. The number of fused-ring (bicyclic) bond motifs is 1. The van der Waals surface area contributed by atoms with Gasteiger partial charge in [0.2, 0.25) is 0 Å². The van der Waals surface area contributed by atoms with Crippen LogP contribution in [0.5, 0.6) is 0 Å². The molecule has 0 aliphatic carbocycles. The van der Waals surface area contributed by atoms with Crippen LogP contribution in [0.4, 0.5) is 0 Å². The largest absolute Gasteiger partial charge is 0.324 e. The van der Waals surface area contributed by atoms with Crippen LogP contribution < -0.4 is 5.73 Å². The van der Waals surface area contributed by atoms with E-state index in [0.29, 0.717) is 0 Å². The standard InChI is InChI=1S/C15H15N3S/c1-10-18-13(9-19-10)8-14(16)12-5-4-11-3-2-6-17-15(11)7-12/h2-7,9,14H,8,16H2,1H3. The first kappa shape index (κ1) is 12.3. The Morgan fingerprint density at radius 3 is 3.00 bits per heavy atom. The predicted molar refractivity (Wildman–Crippen MR) is 79.2 cm³/mol. The van der Waals surface area contributed by atoms with Crippen LogP contribution in [0.25, 0.3) is 10.9 Å². The van der Waals surface area contributed by atoms with Crippen LogP contribution in [-0.2, 0) is 6.42 Å². The highest BCUT2D eigenvalue weighted by Gasteiger charge is 2.10. The number of nitrogens with two attached hydrogens (primary N) is 1. The molecule has 1 unspecified atom stereocenters. The Morgan fingerprint density at radius 1 is 1.32 bits per heavy atom. The van der Waals surface area contributed by atoms with E-state index >= 15 is 0 Å². The van der Waals surface area contributed by atoms with E-state index < -0.39 is 0 Å². The highest BCUT2D eigenvalue weighted by atomic mass is 32.1. The Labute approximate surface area is 116 Å². The molecule has 0 amide bonds. The van der Waals surface area contributed by atoms with Crippen molar-refractivity contribution >= 4 is 22.2 Å². The minimum atomic E-state index is -0.0343. The zero-order valence-corrected chi connectivity index (χ0v) is 11.5. The van der Waals surface area contributed by atoms with Gasteiger partial charge in [-0.3, -0.25) is 4.98 Å². The van der Waals surface area contributed by atoms with Crippen molar-refractivity contribution in [3.05, 3.63) is 58.2 Å². The average molecular weight is 269 g/mol. The maximum Gasteiger partial charge on any atom is 0.0897 e. The van der Waals surface area contributed by atoms with Gasteiger partial charge in [-0.05, 0) is 24.6 Å². The molecule has 2 heterocycles. The third-order valence-corrected chi connectivity index (χ3v) is 3.98. The lowest BCUT2D eigenvalue weighted by molar-refractivity contribution is 0.710. The number of hydrogen-bond donors (Lipinski definition) is 1. The SMILES string of the molecule is Cc1nc(CC(N)c2ccc3cccnc3c2)cs1. The fourth-order valence-corrected chi connectivity index (χ4v) is 2.78. The molecule has 0 aliphatic heterocycles. The molecule has 0 saturated carbocycles. The number of nitrogens with zero attached hydrogens (tertiary/aromatic N) is 2. The summed E-state index contributed by atoms with van der Waals surface area (Å²) < 4.78 is 0. The second-order valence-corrected chi connectivity index (χ2v) is 5.69. The van der Waals surface area contributed by atoms with Crippen LogP contribution in [0.1, 0.15) is 22.3 Å². The molecule has 0 fully saturated rings. The van der Waals surface area contributed by atoms with Crippen LogP contribution in [-0.4, -0.2) is 9.97 Å². The van der Waals surface area contributed by atoms with Gasteiger partial charge in [0.15, 0.2) is 0 Å². The van der Waals surface area contributed by atoms with Crippen molar-refractivity contribution in [1.82, 2.24) is 9.97 Å². The Hall–Kier alpha value is -1.78. The van der Waals surface area contributed by atoms with Gasteiger partial charge in [0.25, 0.3) is 0 Å². The summed E-state index contributed by atoms with van der Waals surface area (Å²) in [5, 5.41) is 4.31. The third-order valence-electron chi connectivity index (χ3n) is 3.15. The molecular weight excluding hydrogens is 254 g/mol. The van der Waals surface area contributed by atoms with E-state index in [1.807, 2.05) is 13.0 Å². The van der Waals surface area contributed by atoms with Gasteiger partial charge in [-0.1, -0.05) is 18.2 Å². The van der Waals surface area contributed by atoms with E-state index in [2.05, 4.69) is 39.6 Å². The predicted octanol–water partition coefficient (Wildman–Crippen LogP) is 3.24. The van der Waals surface area contributed by atoms with E-state index in [9.17, 15) is 0 Å². The van der Waals surface area contributed by atoms with E-state index in [1.165, 1.54) is 0 Å². The van der Waals surface area contributed by atoms with Gasteiger partial charge in [-0.2, -0.15) is 0 Å². The summed E-state index contributed by atoms with van der Waals surface area (Å²) in [5.74, 6) is 0. The molecule has 3 rings (SSSR count). The van der Waals surface area contributed by atoms with E-state index in [0.717, 1.165) is 33.6 Å². The Morgan fingerprint density at radius 2 is 2.21 bits per heavy atom. The molecule has 4 heteroatoms. The molecule has 2 aromatic heterocycles. The van der Waals surface area contributed by atoms with Crippen molar-refractivity contribution in [2.45, 2.75) is 19.4 Å². The normalized spacial score (nSPS) is 12.7. The first-order valence-corrected chi connectivity index (χ1v) is 7.11. The summed E-state index contributed by atoms with van der Waals surface area (Å²) in [7, 11) is 0. The van der Waals surface area contributed by atoms with Crippen molar-refractivity contribution < 1.29 is 0 Å². The quantitative estimate of drug-likeness (QED) is 0.794. The number of hydrogen-bond acceptors (Lipinski definition) is 4. The molecule has 0 bridgehead atoms. The molecule has 2 N–H and O–H groups in total. The second kappa shape index (κ2) is 5.07. The minimum Gasteiger partial charge on any atom is -0.324 e. The van der Waals surface area contributed by atoms with E-state index in [1.54, 1.807) is 17.5 Å². The van der Waals surface area contributed by atoms with E-state index in [4.69, 9.17) is 5.73 Å². The summed E-state index contributed by atoms with van der Waals surface area (Å²) in [5.41, 5.74) is 9.43. The number of benzene rings is 1. The van der Waals surface area contributed by atoms with Crippen LogP contribution in [0, 0.1) is 6.92 Å². The molecule has 1 aromatic carbocycles. The van der Waals surface area contributed by atoms with Crippen LogP contribution >= 0.6 is 11.3 Å². The zero-order valence-electron chi connectivity index (χ0n) is 10.7. The van der Waals surface area contributed by atoms with Gasteiger partial charge < -0.3 is 5.73 Å². The Balaban J connectivity index is 1.86. The lowest BCUT2D eigenvalue weighted by Crippen LogP contribution is -2.13. The summed E-state index contributed by atoms with van der Waals surface area (Å²) >= 11 is 1.67. The van der Waals surface area contributed by atoms with Crippen molar-refractivity contribution in [2.24, 2.45) is 5.73 Å². The minimum absolute atomic E-state index is 0.0343. The monoisotopic (exact) mass is 269 g/mol. The molecule has 96 valence electrons. The zero-order chi connectivity index (χ0) is 13.2. The molecule has 19 heavy (non-hydrogen) atoms. The molecule has 1 atom stereocenters. The van der Waals surface area contributed by atoms with Crippen molar-refractivity contribution in [3.63, 3.8) is 0 Å². The number of aryl methyl sites for hydroxylation is 1. The molecule has 3 aromatic rings. The number of pyridine rings is 1. The van der Waals surface area contributed by atoms with Gasteiger partial charge in [-0.25, -0.2) is 4.98 Å². The molecule has 0 spiro atoms. The number of rotatable bonds is 3. The highest BCUT2D eigenvalue weighted by Crippen LogP contribution is 2.21. The summed E-state index contributed by atoms with van der Waals surface area (Å²) in [6, 6.07) is 10.2. The lowest BCUT2D eigenvalue weighted by atomic mass is 10.0. The third kappa shape index (κ3) is 2.64. The van der Waals surface area contributed by atoms with Gasteiger partial charge >= 0.3 is 0 Å². The molecule has 3 nitrogen and oxygen atoms in total. The van der Waals surface area contributed by atoms with Crippen molar-refractivity contribution in [1.29, 1.82) is 0 Å². The van der Waals surface area contributed by atoms with Crippen LogP contribution in [0.2, 0.25) is 0 Å². The summed E-state index contributed by atoms with van der Waals surface area (Å²) in [4.78, 5) is 8.83. The fourth-order valence-electron chi connectivity index (χ4n) is 2.16. The average Bonchev–Trinajstić information content (AvgIpc) is 2.83. The van der Waals surface area contributed by atoms with Gasteiger partial charge in [0.05, 0.1) is 16.2 Å². The summed E-state index contributed by atoms with van der Waals surface area (Å²) in [6.45, 7) is 2.01. The number of thiazole rings is 1. The van der Waals surface area contributed by atoms with Gasteiger partial charge in [-0.15, -0.1) is 11.3 Å². The van der Waals surface area contributed by atoms with Crippen LogP contribution in [0.3, 0.4) is 0 Å².